The highest BCUT2D eigenvalue weighted by molar-refractivity contribution is 6.33. The molecule has 0 unspecified atom stereocenters. The predicted octanol–water partition coefficient (Wildman–Crippen LogP) is 0.319. The van der Waals surface area contributed by atoms with E-state index >= 15 is 0 Å². The molecule has 0 saturated heterocycles. The van der Waals surface area contributed by atoms with Crippen molar-refractivity contribution in [2.45, 2.75) is 18.9 Å². The van der Waals surface area contributed by atoms with Crippen LogP contribution in [0.15, 0.2) is 24.3 Å². The van der Waals surface area contributed by atoms with Crippen molar-refractivity contribution in [2.24, 2.45) is 0 Å². The Kier molecular flexibility index (Phi) is 3.50. The molecule has 1 aliphatic carbocycles. The molecule has 1 aromatic carbocycles. The van der Waals surface area contributed by atoms with Crippen LogP contribution in [0.5, 0.6) is 5.75 Å². The monoisotopic (exact) mass is 236 g/mol. The first-order valence-corrected chi connectivity index (χ1v) is 5.34. The molecule has 90 valence electrons. The Hall–Kier alpha value is -1.73. The van der Waals surface area contributed by atoms with Gasteiger partial charge in [-0.2, -0.15) is 0 Å². The lowest BCUT2D eigenvalue weighted by molar-refractivity contribution is 0.251. The van der Waals surface area contributed by atoms with Crippen molar-refractivity contribution in [2.75, 3.05) is 5.32 Å². The van der Waals surface area contributed by atoms with E-state index < -0.39 is 7.32 Å². The highest BCUT2D eigenvalue weighted by Crippen LogP contribution is 2.19. The summed E-state index contributed by atoms with van der Waals surface area (Å²) < 4.78 is 4.63. The van der Waals surface area contributed by atoms with Gasteiger partial charge in [0.15, 0.2) is 0 Å². The topological polar surface area (TPSA) is 90.8 Å². The van der Waals surface area contributed by atoms with E-state index in [1.165, 1.54) is 12.1 Å². The first-order valence-electron chi connectivity index (χ1n) is 5.34. The minimum Gasteiger partial charge on any atom is -0.512 e. The van der Waals surface area contributed by atoms with E-state index in [1.807, 2.05) is 0 Å². The van der Waals surface area contributed by atoms with Crippen LogP contribution in [-0.4, -0.2) is 29.4 Å². The highest BCUT2D eigenvalue weighted by atomic mass is 16.6. The number of rotatable bonds is 4. The van der Waals surface area contributed by atoms with E-state index in [9.17, 15) is 4.79 Å². The molecule has 1 fully saturated rings. The second kappa shape index (κ2) is 5.07. The number of nitrogens with one attached hydrogen (secondary N) is 2. The van der Waals surface area contributed by atoms with Crippen LogP contribution in [0.3, 0.4) is 0 Å². The molecule has 0 bridgehead atoms. The molecule has 1 aromatic rings. The summed E-state index contributed by atoms with van der Waals surface area (Å²) in [4.78, 5) is 11.4. The molecular formula is C10H13BN2O4. The number of anilines is 1. The smallest absolute Gasteiger partial charge is 0.512 e. The third kappa shape index (κ3) is 3.97. The fourth-order valence-corrected chi connectivity index (χ4v) is 1.32. The maximum atomic E-state index is 11.4. The van der Waals surface area contributed by atoms with Gasteiger partial charge < -0.3 is 25.3 Å². The Morgan fingerprint density at radius 2 is 1.94 bits per heavy atom. The van der Waals surface area contributed by atoms with Gasteiger partial charge in [-0.25, -0.2) is 4.79 Å². The largest absolute Gasteiger partial charge is 0.707 e. The summed E-state index contributed by atoms with van der Waals surface area (Å²) >= 11 is 0. The minimum absolute atomic E-state index is 0.233. The fourth-order valence-electron chi connectivity index (χ4n) is 1.32. The summed E-state index contributed by atoms with van der Waals surface area (Å²) in [5.41, 5.74) is 0.614. The zero-order chi connectivity index (χ0) is 12.3. The Balaban J connectivity index is 1.86. The average molecular weight is 236 g/mol. The second-order valence-corrected chi connectivity index (χ2v) is 3.84. The standard InChI is InChI=1S/C10H13BN2O4/c14-10(12-7-1-2-7)13-8-3-5-9(6-4-8)17-11(15)16/h3-7,15-16H,1-2H2,(H2,12,13,14). The van der Waals surface area contributed by atoms with E-state index in [1.54, 1.807) is 12.1 Å². The molecule has 7 heteroatoms. The van der Waals surface area contributed by atoms with Gasteiger partial charge in [0, 0.05) is 11.7 Å². The van der Waals surface area contributed by atoms with Gasteiger partial charge in [0.05, 0.1) is 0 Å². The van der Waals surface area contributed by atoms with Crippen LogP contribution in [0.25, 0.3) is 0 Å². The number of amides is 2. The Bertz CT molecular complexity index is 392. The SMILES string of the molecule is O=C(Nc1ccc(OB(O)O)cc1)NC1CC1. The molecule has 0 aliphatic heterocycles. The van der Waals surface area contributed by atoms with Gasteiger partial charge >= 0.3 is 13.4 Å². The van der Waals surface area contributed by atoms with Gasteiger partial charge in [-0.05, 0) is 37.1 Å². The van der Waals surface area contributed by atoms with Crippen LogP contribution in [0.1, 0.15) is 12.8 Å². The van der Waals surface area contributed by atoms with Crippen LogP contribution in [0.4, 0.5) is 10.5 Å². The quantitative estimate of drug-likeness (QED) is 0.566. The zero-order valence-corrected chi connectivity index (χ0v) is 9.09. The molecule has 6 nitrogen and oxygen atoms in total. The number of carbonyl (C=O) groups is 1. The van der Waals surface area contributed by atoms with Crippen molar-refractivity contribution in [1.82, 2.24) is 5.32 Å². The third-order valence-corrected chi connectivity index (χ3v) is 2.27. The molecule has 0 aromatic heterocycles. The minimum atomic E-state index is -1.84. The van der Waals surface area contributed by atoms with E-state index in [4.69, 9.17) is 10.0 Å². The average Bonchev–Trinajstić information content (AvgIpc) is 3.04. The predicted molar refractivity (Wildman–Crippen MR) is 62.4 cm³/mol. The van der Waals surface area contributed by atoms with Crippen LogP contribution in [0.2, 0.25) is 0 Å². The summed E-state index contributed by atoms with van der Waals surface area (Å²) in [6.45, 7) is 0. The lowest BCUT2D eigenvalue weighted by Crippen LogP contribution is -2.30. The van der Waals surface area contributed by atoms with Gasteiger partial charge in [-0.3, -0.25) is 0 Å². The maximum Gasteiger partial charge on any atom is 0.707 e. The number of hydrogen-bond donors (Lipinski definition) is 4. The van der Waals surface area contributed by atoms with Gasteiger partial charge in [0.1, 0.15) is 5.75 Å². The molecule has 0 spiro atoms. The normalized spacial score (nSPS) is 14.0. The molecule has 0 radical (unpaired) electrons. The van der Waals surface area contributed by atoms with Crippen molar-refractivity contribution in [3.63, 3.8) is 0 Å². The van der Waals surface area contributed by atoms with Crippen molar-refractivity contribution in [3.8, 4) is 5.75 Å². The van der Waals surface area contributed by atoms with Crippen molar-refractivity contribution >= 4 is 19.0 Å². The lowest BCUT2D eigenvalue weighted by atomic mass is 10.2. The maximum absolute atomic E-state index is 11.4. The van der Waals surface area contributed by atoms with Gasteiger partial charge in [-0.1, -0.05) is 0 Å². The molecule has 2 rings (SSSR count). The molecule has 0 atom stereocenters. The van der Waals surface area contributed by atoms with Crippen LogP contribution in [0, 0.1) is 0 Å². The molecule has 4 N–H and O–H groups in total. The molecule has 1 saturated carbocycles. The van der Waals surface area contributed by atoms with E-state index in [0.717, 1.165) is 12.8 Å². The summed E-state index contributed by atoms with van der Waals surface area (Å²) in [5.74, 6) is 0.313. The van der Waals surface area contributed by atoms with E-state index in [2.05, 4.69) is 15.3 Å². The first-order chi connectivity index (χ1) is 8.13. The number of benzene rings is 1. The third-order valence-electron chi connectivity index (χ3n) is 2.27. The van der Waals surface area contributed by atoms with Crippen LogP contribution >= 0.6 is 0 Å². The molecule has 2 amide bonds. The van der Waals surface area contributed by atoms with Gasteiger partial charge in [0.2, 0.25) is 0 Å². The van der Waals surface area contributed by atoms with Gasteiger partial charge in [-0.15, -0.1) is 0 Å². The van der Waals surface area contributed by atoms with Crippen molar-refractivity contribution in [1.29, 1.82) is 0 Å². The van der Waals surface area contributed by atoms with E-state index in [0.29, 0.717) is 17.5 Å². The molecule has 1 aliphatic rings. The van der Waals surface area contributed by atoms with Gasteiger partial charge in [0.25, 0.3) is 0 Å². The summed E-state index contributed by atoms with van der Waals surface area (Å²) in [7, 11) is -1.84. The zero-order valence-electron chi connectivity index (χ0n) is 9.09. The Morgan fingerprint density at radius 3 is 2.47 bits per heavy atom. The Labute approximate surface area is 98.8 Å². The number of carbonyl (C=O) groups excluding carboxylic acids is 1. The van der Waals surface area contributed by atoms with Crippen LogP contribution < -0.4 is 15.3 Å². The van der Waals surface area contributed by atoms with Crippen LogP contribution in [-0.2, 0) is 0 Å². The van der Waals surface area contributed by atoms with Crippen molar-refractivity contribution in [3.05, 3.63) is 24.3 Å². The summed E-state index contributed by atoms with van der Waals surface area (Å²) in [6, 6.07) is 6.37. The molecule has 17 heavy (non-hydrogen) atoms. The highest BCUT2D eigenvalue weighted by Gasteiger charge is 2.23. The number of hydrogen-bond acceptors (Lipinski definition) is 4. The van der Waals surface area contributed by atoms with Crippen molar-refractivity contribution < 1.29 is 19.5 Å². The summed E-state index contributed by atoms with van der Waals surface area (Å²) in [6.07, 6.45) is 2.07. The Morgan fingerprint density at radius 1 is 1.29 bits per heavy atom. The fraction of sp³-hybridized carbons (Fsp3) is 0.300. The molecule has 0 heterocycles. The summed E-state index contributed by atoms with van der Waals surface area (Å²) in [5, 5.41) is 22.6. The lowest BCUT2D eigenvalue weighted by Gasteiger charge is -2.08. The molecular weight excluding hydrogens is 223 g/mol. The van der Waals surface area contributed by atoms with E-state index in [-0.39, 0.29) is 6.03 Å². The first kappa shape index (κ1) is 11.8. The number of urea groups is 1. The second-order valence-electron chi connectivity index (χ2n) is 3.84.